The van der Waals surface area contributed by atoms with Crippen molar-refractivity contribution in [1.82, 2.24) is 15.1 Å². The molecule has 2 N–H and O–H groups in total. The number of amidine groups is 1. The Labute approximate surface area is 135 Å². The maximum Gasteiger partial charge on any atom is 0.325 e. The van der Waals surface area contributed by atoms with Crippen LogP contribution in [0, 0.1) is 5.92 Å². The Bertz CT molecular complexity index is 481. The third kappa shape index (κ3) is 3.55. The van der Waals surface area contributed by atoms with Gasteiger partial charge in [0.05, 0.1) is 6.10 Å². The van der Waals surface area contributed by atoms with Gasteiger partial charge < -0.3 is 14.9 Å². The van der Waals surface area contributed by atoms with Gasteiger partial charge >= 0.3 is 6.03 Å². The second kappa shape index (κ2) is 6.87. The number of aliphatic imine (C=N–C) groups is 1. The van der Waals surface area contributed by atoms with Gasteiger partial charge in [0.15, 0.2) is 17.4 Å². The van der Waals surface area contributed by atoms with Crippen LogP contribution in [0.25, 0.3) is 0 Å². The fraction of sp³-hybridized carbons (Fsp3) is 0.786. The van der Waals surface area contributed by atoms with Crippen molar-refractivity contribution in [1.29, 1.82) is 0 Å². The molecule has 3 unspecified atom stereocenters. The number of nitrogens with zero attached hydrogens (tertiary/aromatic N) is 3. The molecular weight excluding hydrogens is 304 g/mol. The number of nitrogens with one attached hydrogen (secondary N) is 1. The Hall–Kier alpha value is -1.28. The molecule has 2 aliphatic rings. The minimum Gasteiger partial charge on any atom is -0.393 e. The van der Waals surface area contributed by atoms with Gasteiger partial charge in [-0.25, -0.2) is 9.79 Å². The normalized spacial score (nSPS) is 26.2. The Morgan fingerprint density at radius 2 is 2.05 bits per heavy atom. The van der Waals surface area contributed by atoms with E-state index in [2.05, 4.69) is 24.2 Å². The summed E-state index contributed by atoms with van der Waals surface area (Å²) in [6, 6.07) is -0.890. The van der Waals surface area contributed by atoms with Crippen molar-refractivity contribution in [2.24, 2.45) is 10.9 Å². The summed E-state index contributed by atoms with van der Waals surface area (Å²) in [5.41, 5.74) is 0. The van der Waals surface area contributed by atoms with Crippen molar-refractivity contribution in [2.45, 2.75) is 45.5 Å². The van der Waals surface area contributed by atoms with Gasteiger partial charge in [0, 0.05) is 19.3 Å². The fourth-order valence-electron chi connectivity index (χ4n) is 2.45. The van der Waals surface area contributed by atoms with Crippen molar-refractivity contribution in [2.75, 3.05) is 19.3 Å². The van der Waals surface area contributed by atoms with Crippen molar-refractivity contribution < 1.29 is 14.7 Å². The van der Waals surface area contributed by atoms with E-state index in [0.717, 1.165) is 11.6 Å². The Balaban J connectivity index is 2.20. The number of aliphatic hydroxyl groups is 1. The molecule has 3 atom stereocenters. The number of hydrogen-bond donors (Lipinski definition) is 2. The van der Waals surface area contributed by atoms with Crippen LogP contribution >= 0.6 is 11.8 Å². The van der Waals surface area contributed by atoms with E-state index in [4.69, 9.17) is 0 Å². The predicted octanol–water partition coefficient (Wildman–Crippen LogP) is 0.694. The van der Waals surface area contributed by atoms with Crippen LogP contribution in [0.1, 0.15) is 27.2 Å². The Morgan fingerprint density at radius 3 is 2.64 bits per heavy atom. The second-order valence-electron chi connectivity index (χ2n) is 6.21. The summed E-state index contributed by atoms with van der Waals surface area (Å²) in [5.74, 6) is 0.719. The van der Waals surface area contributed by atoms with E-state index in [1.54, 1.807) is 14.0 Å². The zero-order valence-electron chi connectivity index (χ0n) is 13.4. The van der Waals surface area contributed by atoms with E-state index in [0.29, 0.717) is 18.2 Å². The molecule has 124 valence electrons. The minimum absolute atomic E-state index is 0.298. The number of amides is 3. The van der Waals surface area contributed by atoms with Gasteiger partial charge in [-0.1, -0.05) is 25.6 Å². The average molecular weight is 328 g/mol. The van der Waals surface area contributed by atoms with Crippen LogP contribution in [0.2, 0.25) is 0 Å². The number of fused-ring (bicyclic) bond motifs is 1. The Morgan fingerprint density at radius 1 is 1.36 bits per heavy atom. The predicted molar refractivity (Wildman–Crippen MR) is 86.6 cm³/mol. The number of imide groups is 1. The first-order chi connectivity index (χ1) is 10.3. The van der Waals surface area contributed by atoms with Crippen molar-refractivity contribution >= 4 is 28.9 Å². The first kappa shape index (κ1) is 17.1. The lowest BCUT2D eigenvalue weighted by atomic mass is 10.1. The molecule has 7 nitrogen and oxygen atoms in total. The van der Waals surface area contributed by atoms with E-state index < -0.39 is 24.3 Å². The summed E-state index contributed by atoms with van der Waals surface area (Å²) >= 11 is 1.43. The van der Waals surface area contributed by atoms with Crippen molar-refractivity contribution in [3.05, 3.63) is 0 Å². The highest BCUT2D eigenvalue weighted by atomic mass is 32.2. The second-order valence-corrected chi connectivity index (χ2v) is 7.20. The van der Waals surface area contributed by atoms with E-state index in [9.17, 15) is 14.7 Å². The SMILES string of the molecule is CC(C)CCN1C(SCC(C)O)=NC2C1C(=O)NC(=O)N2C. The van der Waals surface area contributed by atoms with Gasteiger partial charge in [0.2, 0.25) is 0 Å². The van der Waals surface area contributed by atoms with Gasteiger partial charge in [0.25, 0.3) is 5.91 Å². The van der Waals surface area contributed by atoms with Crippen LogP contribution in [-0.4, -0.2) is 69.7 Å². The molecule has 2 aliphatic heterocycles. The molecule has 22 heavy (non-hydrogen) atoms. The molecule has 0 saturated carbocycles. The zero-order valence-corrected chi connectivity index (χ0v) is 14.3. The van der Waals surface area contributed by atoms with Crippen molar-refractivity contribution in [3.8, 4) is 0 Å². The lowest BCUT2D eigenvalue weighted by Crippen LogP contribution is -2.63. The molecule has 0 radical (unpaired) electrons. The molecule has 0 bridgehead atoms. The molecule has 0 spiro atoms. The van der Waals surface area contributed by atoms with Gasteiger partial charge in [-0.3, -0.25) is 10.1 Å². The largest absolute Gasteiger partial charge is 0.393 e. The zero-order chi connectivity index (χ0) is 16.4. The van der Waals surface area contributed by atoms with E-state index in [1.165, 1.54) is 16.7 Å². The number of rotatable bonds is 5. The summed E-state index contributed by atoms with van der Waals surface area (Å²) in [7, 11) is 1.64. The van der Waals surface area contributed by atoms with Gasteiger partial charge in [-0.05, 0) is 19.3 Å². The van der Waals surface area contributed by atoms with Gasteiger partial charge in [-0.2, -0.15) is 0 Å². The standard InChI is InChI=1S/C14H24N4O3S/c1-8(2)5-6-18-10-11(15-14(18)22-7-9(3)19)17(4)13(21)16-12(10)20/h8-11,19H,5-7H2,1-4H3,(H,16,20,21). The molecule has 1 saturated heterocycles. The van der Waals surface area contributed by atoms with Crippen LogP contribution in [0.5, 0.6) is 0 Å². The monoisotopic (exact) mass is 328 g/mol. The molecule has 2 heterocycles. The average Bonchev–Trinajstić information content (AvgIpc) is 2.79. The third-order valence-corrected chi connectivity index (χ3v) is 4.97. The van der Waals surface area contributed by atoms with Crippen LogP contribution in [0.4, 0.5) is 4.79 Å². The van der Waals surface area contributed by atoms with Crippen LogP contribution in [0.15, 0.2) is 4.99 Å². The molecule has 8 heteroatoms. The topological polar surface area (TPSA) is 85.2 Å². The third-order valence-electron chi connectivity index (χ3n) is 3.72. The highest BCUT2D eigenvalue weighted by Gasteiger charge is 2.48. The summed E-state index contributed by atoms with van der Waals surface area (Å²) < 4.78 is 0. The highest BCUT2D eigenvalue weighted by molar-refractivity contribution is 8.13. The maximum atomic E-state index is 12.2. The lowest BCUT2D eigenvalue weighted by Gasteiger charge is -2.36. The number of thioether (sulfide) groups is 1. The molecule has 0 aliphatic carbocycles. The van der Waals surface area contributed by atoms with Crippen molar-refractivity contribution in [3.63, 3.8) is 0 Å². The summed E-state index contributed by atoms with van der Waals surface area (Å²) in [4.78, 5) is 32.0. The number of carbonyl (C=O) groups excluding carboxylic acids is 2. The molecule has 3 amide bonds. The summed E-state index contributed by atoms with van der Waals surface area (Å²) in [6.45, 7) is 6.68. The molecule has 0 aromatic heterocycles. The first-order valence-corrected chi connectivity index (χ1v) is 8.52. The van der Waals surface area contributed by atoms with Gasteiger partial charge in [-0.15, -0.1) is 0 Å². The summed E-state index contributed by atoms with van der Waals surface area (Å²) in [5, 5.41) is 12.6. The highest BCUT2D eigenvalue weighted by Crippen LogP contribution is 2.29. The quantitative estimate of drug-likeness (QED) is 0.776. The molecule has 2 rings (SSSR count). The van der Waals surface area contributed by atoms with Crippen LogP contribution in [-0.2, 0) is 4.79 Å². The Kier molecular flexibility index (Phi) is 5.33. The first-order valence-electron chi connectivity index (χ1n) is 7.54. The molecule has 0 aromatic carbocycles. The van der Waals surface area contributed by atoms with Gasteiger partial charge in [0.1, 0.15) is 0 Å². The lowest BCUT2D eigenvalue weighted by molar-refractivity contribution is -0.127. The molecule has 1 fully saturated rings. The van der Waals surface area contributed by atoms with Crippen LogP contribution in [0.3, 0.4) is 0 Å². The fourth-order valence-corrected chi connectivity index (χ4v) is 3.39. The maximum absolute atomic E-state index is 12.2. The molecule has 0 aromatic rings. The van der Waals surface area contributed by atoms with Crippen LogP contribution < -0.4 is 5.32 Å². The molecular formula is C14H24N4O3S. The number of aliphatic hydroxyl groups excluding tert-OH is 1. The number of carbonyl (C=O) groups is 2. The van der Waals surface area contributed by atoms with E-state index in [1.807, 2.05) is 4.90 Å². The number of urea groups is 1. The van der Waals surface area contributed by atoms with E-state index in [-0.39, 0.29) is 5.91 Å². The number of hydrogen-bond acceptors (Lipinski definition) is 6. The van der Waals surface area contributed by atoms with E-state index >= 15 is 0 Å². The summed E-state index contributed by atoms with van der Waals surface area (Å²) in [6.07, 6.45) is 0.00275. The number of likely N-dealkylation sites (N-methyl/N-ethyl adjacent to an activating group) is 1. The smallest absolute Gasteiger partial charge is 0.325 e. The minimum atomic E-state index is -0.482.